The normalized spacial score (nSPS) is 19.4. The fourth-order valence-electron chi connectivity index (χ4n) is 2.22. The molecule has 0 bridgehead atoms. The van der Waals surface area contributed by atoms with Gasteiger partial charge < -0.3 is 10.6 Å². The van der Waals surface area contributed by atoms with E-state index in [1.165, 1.54) is 31.2 Å². The zero-order valence-corrected chi connectivity index (χ0v) is 14.5. The molecule has 9 nitrogen and oxygen atoms in total. The third-order valence-electron chi connectivity index (χ3n) is 3.61. The zero-order chi connectivity index (χ0) is 18.8. The molecule has 1 aromatic rings. The second-order valence-electron chi connectivity index (χ2n) is 5.75. The van der Waals surface area contributed by atoms with Crippen molar-refractivity contribution >= 4 is 35.0 Å². The van der Waals surface area contributed by atoms with Crippen LogP contribution in [0.15, 0.2) is 36.4 Å². The van der Waals surface area contributed by atoms with Gasteiger partial charge in [0.25, 0.3) is 11.6 Å². The molecule has 132 valence electrons. The lowest BCUT2D eigenvalue weighted by atomic mass is 9.92. The number of nitrogens with one attached hydrogen (secondary N) is 3. The van der Waals surface area contributed by atoms with Gasteiger partial charge in [0.2, 0.25) is 0 Å². The molecule has 3 N–H and O–H groups in total. The molecule has 1 aromatic carbocycles. The maximum atomic E-state index is 12.7. The van der Waals surface area contributed by atoms with E-state index in [0.29, 0.717) is 12.1 Å². The zero-order valence-electron chi connectivity index (χ0n) is 13.7. The Labute approximate surface area is 149 Å². The Balaban J connectivity index is 2.17. The molecule has 1 aliphatic heterocycles. The minimum atomic E-state index is -1.36. The number of carbonyl (C=O) groups excluding carboxylic acids is 2. The first-order valence-corrected chi connectivity index (χ1v) is 7.66. The van der Waals surface area contributed by atoms with E-state index in [-0.39, 0.29) is 10.8 Å². The summed E-state index contributed by atoms with van der Waals surface area (Å²) in [6.45, 7) is 7.43. The van der Waals surface area contributed by atoms with Crippen LogP contribution in [-0.4, -0.2) is 33.5 Å². The molecule has 10 heteroatoms. The maximum Gasteiger partial charge on any atom is 0.344 e. The second-order valence-corrected chi connectivity index (χ2v) is 6.16. The number of hydrazine groups is 1. The molecule has 25 heavy (non-hydrogen) atoms. The summed E-state index contributed by atoms with van der Waals surface area (Å²) in [6.07, 6.45) is 0. The summed E-state index contributed by atoms with van der Waals surface area (Å²) in [7, 11) is 0. The Morgan fingerprint density at radius 3 is 2.52 bits per heavy atom. The van der Waals surface area contributed by atoms with E-state index < -0.39 is 22.4 Å². The first-order valence-electron chi connectivity index (χ1n) is 7.25. The SMILES string of the molecule is C=C(C)CNC(=S)NN1C(=O)N[C@](C)(c2ccc([N+](=O)[O-])cc2)C1=O. The summed E-state index contributed by atoms with van der Waals surface area (Å²) in [5.74, 6) is -0.578. The highest BCUT2D eigenvalue weighted by molar-refractivity contribution is 7.80. The van der Waals surface area contributed by atoms with Gasteiger partial charge in [-0.2, -0.15) is 5.01 Å². The van der Waals surface area contributed by atoms with Crippen molar-refractivity contribution in [2.24, 2.45) is 0 Å². The van der Waals surface area contributed by atoms with E-state index in [1.54, 1.807) is 6.92 Å². The predicted octanol–water partition coefficient (Wildman–Crippen LogP) is 1.32. The molecule has 1 saturated heterocycles. The molecule has 0 aliphatic carbocycles. The van der Waals surface area contributed by atoms with Crippen LogP contribution in [-0.2, 0) is 10.3 Å². The van der Waals surface area contributed by atoms with E-state index in [1.807, 2.05) is 0 Å². The largest absolute Gasteiger partial charge is 0.358 e. The van der Waals surface area contributed by atoms with Crippen molar-refractivity contribution in [2.75, 3.05) is 6.54 Å². The molecule has 1 aliphatic rings. The van der Waals surface area contributed by atoms with E-state index in [2.05, 4.69) is 22.6 Å². The fraction of sp³-hybridized carbons (Fsp3) is 0.267. The number of nitrogens with zero attached hydrogens (tertiary/aromatic N) is 2. The van der Waals surface area contributed by atoms with Crippen molar-refractivity contribution in [3.63, 3.8) is 0 Å². The number of benzene rings is 1. The molecule has 1 atom stereocenters. The monoisotopic (exact) mass is 363 g/mol. The summed E-state index contributed by atoms with van der Waals surface area (Å²) < 4.78 is 0. The molecule has 2 rings (SSSR count). The molecular formula is C15H17N5O4S. The lowest BCUT2D eigenvalue weighted by molar-refractivity contribution is -0.384. The number of rotatable bonds is 5. The average molecular weight is 363 g/mol. The van der Waals surface area contributed by atoms with Gasteiger partial charge in [0.15, 0.2) is 5.11 Å². The van der Waals surface area contributed by atoms with E-state index in [9.17, 15) is 19.7 Å². The van der Waals surface area contributed by atoms with Crippen molar-refractivity contribution in [1.82, 2.24) is 21.1 Å². The lowest BCUT2D eigenvalue weighted by Crippen LogP contribution is -2.51. The van der Waals surface area contributed by atoms with Crippen molar-refractivity contribution < 1.29 is 14.5 Å². The molecule has 1 fully saturated rings. The molecular weight excluding hydrogens is 346 g/mol. The summed E-state index contributed by atoms with van der Waals surface area (Å²) >= 11 is 5.04. The van der Waals surface area contributed by atoms with Crippen LogP contribution in [0.1, 0.15) is 19.4 Å². The molecule has 0 aromatic heterocycles. The Hall–Kier alpha value is -3.01. The highest BCUT2D eigenvalue weighted by Gasteiger charge is 2.49. The van der Waals surface area contributed by atoms with Gasteiger partial charge in [-0.1, -0.05) is 12.2 Å². The number of amides is 3. The van der Waals surface area contributed by atoms with Crippen LogP contribution in [0.5, 0.6) is 0 Å². The van der Waals surface area contributed by atoms with Gasteiger partial charge in [0.1, 0.15) is 5.54 Å². The van der Waals surface area contributed by atoms with Crippen LogP contribution in [0.3, 0.4) is 0 Å². The quantitative estimate of drug-likeness (QED) is 0.237. The smallest absolute Gasteiger partial charge is 0.344 e. The Bertz CT molecular complexity index is 764. The Morgan fingerprint density at radius 1 is 1.40 bits per heavy atom. The number of urea groups is 1. The first-order chi connectivity index (χ1) is 11.6. The number of carbonyl (C=O) groups is 2. The number of nitro benzene ring substituents is 1. The maximum absolute atomic E-state index is 12.7. The minimum absolute atomic E-state index is 0.0967. The minimum Gasteiger partial charge on any atom is -0.358 e. The number of nitro groups is 1. The fourth-order valence-corrected chi connectivity index (χ4v) is 2.39. The van der Waals surface area contributed by atoms with Crippen molar-refractivity contribution in [3.8, 4) is 0 Å². The van der Waals surface area contributed by atoms with Crippen molar-refractivity contribution in [3.05, 3.63) is 52.1 Å². The number of thiocarbonyl (C=S) groups is 1. The van der Waals surface area contributed by atoms with Crippen LogP contribution in [0.25, 0.3) is 0 Å². The third kappa shape index (κ3) is 3.74. The second kappa shape index (κ2) is 6.85. The van der Waals surface area contributed by atoms with Gasteiger partial charge in [-0.3, -0.25) is 20.3 Å². The van der Waals surface area contributed by atoms with E-state index in [0.717, 1.165) is 10.6 Å². The van der Waals surface area contributed by atoms with Gasteiger partial charge in [-0.15, -0.1) is 0 Å². The van der Waals surface area contributed by atoms with Gasteiger partial charge in [-0.25, -0.2) is 4.79 Å². The van der Waals surface area contributed by atoms with Gasteiger partial charge in [-0.05, 0) is 43.8 Å². The number of imide groups is 1. The standard InChI is InChI=1S/C15H17N5O4S/c1-9(2)8-16-13(25)18-19-12(21)15(3,17-14(19)22)10-4-6-11(7-5-10)20(23)24/h4-7H,1,8H2,2-3H3,(H,17,22)(H2,16,18,25)/t15-/m1/s1. The van der Waals surface area contributed by atoms with E-state index >= 15 is 0 Å². The third-order valence-corrected chi connectivity index (χ3v) is 3.85. The van der Waals surface area contributed by atoms with Gasteiger partial charge >= 0.3 is 6.03 Å². The van der Waals surface area contributed by atoms with Crippen LogP contribution in [0.2, 0.25) is 0 Å². The topological polar surface area (TPSA) is 117 Å². The van der Waals surface area contributed by atoms with Crippen LogP contribution < -0.4 is 16.1 Å². The predicted molar refractivity (Wildman–Crippen MR) is 94.4 cm³/mol. The highest BCUT2D eigenvalue weighted by Crippen LogP contribution is 2.29. The molecule has 3 amide bonds. The highest BCUT2D eigenvalue weighted by atomic mass is 32.1. The first kappa shape index (κ1) is 18.3. The van der Waals surface area contributed by atoms with Crippen LogP contribution in [0, 0.1) is 10.1 Å². The number of hydrogen-bond acceptors (Lipinski definition) is 5. The summed E-state index contributed by atoms with van der Waals surface area (Å²) in [6, 6.07) is 4.73. The lowest BCUT2D eigenvalue weighted by Gasteiger charge is -2.22. The summed E-state index contributed by atoms with van der Waals surface area (Å²) in [4.78, 5) is 35.0. The van der Waals surface area contributed by atoms with Crippen LogP contribution in [0.4, 0.5) is 10.5 Å². The van der Waals surface area contributed by atoms with Crippen molar-refractivity contribution in [2.45, 2.75) is 19.4 Å². The Kier molecular flexibility index (Phi) is 5.02. The molecule has 1 heterocycles. The molecule has 0 saturated carbocycles. The molecule has 0 unspecified atom stereocenters. The Morgan fingerprint density at radius 2 is 2.00 bits per heavy atom. The van der Waals surface area contributed by atoms with E-state index in [4.69, 9.17) is 12.2 Å². The van der Waals surface area contributed by atoms with Crippen LogP contribution >= 0.6 is 12.2 Å². The average Bonchev–Trinajstić information content (AvgIpc) is 2.77. The van der Waals surface area contributed by atoms with Gasteiger partial charge in [0, 0.05) is 18.7 Å². The molecule has 0 radical (unpaired) electrons. The van der Waals surface area contributed by atoms with Crippen molar-refractivity contribution in [1.29, 1.82) is 0 Å². The molecule has 0 spiro atoms. The summed E-state index contributed by atoms with van der Waals surface area (Å²) in [5.41, 5.74) is 2.31. The summed E-state index contributed by atoms with van der Waals surface area (Å²) in [5, 5.41) is 17.0. The number of hydrogen-bond donors (Lipinski definition) is 3. The van der Waals surface area contributed by atoms with Gasteiger partial charge in [0.05, 0.1) is 4.92 Å². The number of non-ortho nitro benzene ring substituents is 1.